The van der Waals surface area contributed by atoms with Gasteiger partial charge in [0.1, 0.15) is 0 Å². The molecule has 2 heterocycles. The highest BCUT2D eigenvalue weighted by atomic mass is 16.5. The molecule has 5 nitrogen and oxygen atoms in total. The van der Waals surface area contributed by atoms with Crippen LogP contribution in [0.2, 0.25) is 0 Å². The van der Waals surface area contributed by atoms with Crippen molar-refractivity contribution < 1.29 is 4.52 Å². The van der Waals surface area contributed by atoms with Gasteiger partial charge in [-0.25, -0.2) is 0 Å². The lowest BCUT2D eigenvalue weighted by Gasteiger charge is -2.01. The molecule has 1 N–H and O–H groups in total. The van der Waals surface area contributed by atoms with E-state index >= 15 is 0 Å². The van der Waals surface area contributed by atoms with Gasteiger partial charge in [-0.15, -0.1) is 0 Å². The summed E-state index contributed by atoms with van der Waals surface area (Å²) in [6.07, 6.45) is 2.53. The smallest absolute Gasteiger partial charge is 0.227 e. The van der Waals surface area contributed by atoms with Crippen LogP contribution in [0.5, 0.6) is 0 Å². The SMILES string of the molecule is Cc1noc(CCNCc2ccccn2)n1. The molecule has 0 atom stereocenters. The van der Waals surface area contributed by atoms with Gasteiger partial charge >= 0.3 is 0 Å². The predicted molar refractivity (Wildman–Crippen MR) is 58.7 cm³/mol. The molecule has 2 aromatic rings. The minimum atomic E-state index is 0.672. The van der Waals surface area contributed by atoms with Gasteiger partial charge in [0, 0.05) is 25.7 Å². The number of nitrogens with one attached hydrogen (secondary N) is 1. The zero-order valence-electron chi connectivity index (χ0n) is 9.18. The Morgan fingerprint density at radius 1 is 1.38 bits per heavy atom. The maximum Gasteiger partial charge on any atom is 0.227 e. The summed E-state index contributed by atoms with van der Waals surface area (Å²) in [5.41, 5.74) is 1.03. The average Bonchev–Trinajstić information content (AvgIpc) is 2.72. The molecule has 0 aliphatic rings. The second-order valence-electron chi connectivity index (χ2n) is 3.48. The lowest BCUT2D eigenvalue weighted by molar-refractivity contribution is 0.372. The standard InChI is InChI=1S/C11H14N4O/c1-9-14-11(16-15-9)5-7-12-8-10-4-2-3-6-13-10/h2-4,6,12H,5,7-8H2,1H3. The quantitative estimate of drug-likeness (QED) is 0.761. The first kappa shape index (κ1) is 10.8. The van der Waals surface area contributed by atoms with Crippen LogP contribution in [-0.4, -0.2) is 21.7 Å². The topological polar surface area (TPSA) is 63.8 Å². The van der Waals surface area contributed by atoms with Crippen LogP contribution in [0.4, 0.5) is 0 Å². The number of rotatable bonds is 5. The van der Waals surface area contributed by atoms with Crippen LogP contribution < -0.4 is 5.32 Å². The predicted octanol–water partition coefficient (Wildman–Crippen LogP) is 1.11. The van der Waals surface area contributed by atoms with Crippen molar-refractivity contribution in [2.75, 3.05) is 6.54 Å². The third-order valence-electron chi connectivity index (χ3n) is 2.12. The molecule has 0 spiro atoms. The Labute approximate surface area is 93.9 Å². The summed E-state index contributed by atoms with van der Waals surface area (Å²) >= 11 is 0. The number of hydrogen-bond acceptors (Lipinski definition) is 5. The van der Waals surface area contributed by atoms with Gasteiger partial charge in [-0.2, -0.15) is 4.98 Å². The Kier molecular flexibility index (Phi) is 3.61. The van der Waals surface area contributed by atoms with Gasteiger partial charge in [0.15, 0.2) is 5.82 Å². The lowest BCUT2D eigenvalue weighted by Crippen LogP contribution is -2.17. The molecule has 0 unspecified atom stereocenters. The first-order valence-electron chi connectivity index (χ1n) is 5.24. The number of nitrogens with zero attached hydrogens (tertiary/aromatic N) is 3. The van der Waals surface area contributed by atoms with Crippen LogP contribution in [-0.2, 0) is 13.0 Å². The van der Waals surface area contributed by atoms with Crippen LogP contribution in [0.3, 0.4) is 0 Å². The maximum absolute atomic E-state index is 5.00. The van der Waals surface area contributed by atoms with E-state index in [0.29, 0.717) is 11.7 Å². The van der Waals surface area contributed by atoms with Crippen molar-refractivity contribution in [1.82, 2.24) is 20.4 Å². The van der Waals surface area contributed by atoms with Gasteiger partial charge in [0.05, 0.1) is 5.69 Å². The summed E-state index contributed by atoms with van der Waals surface area (Å²) in [6, 6.07) is 5.87. The van der Waals surface area contributed by atoms with Gasteiger partial charge in [-0.1, -0.05) is 11.2 Å². The lowest BCUT2D eigenvalue weighted by atomic mass is 10.3. The number of hydrogen-bond donors (Lipinski definition) is 1. The third-order valence-corrected chi connectivity index (χ3v) is 2.12. The molecule has 5 heteroatoms. The molecule has 0 aliphatic heterocycles. The summed E-state index contributed by atoms with van der Waals surface area (Å²) in [7, 11) is 0. The molecule has 0 bridgehead atoms. The average molecular weight is 218 g/mol. The van der Waals surface area contributed by atoms with E-state index in [9.17, 15) is 0 Å². The number of pyridine rings is 1. The van der Waals surface area contributed by atoms with Gasteiger partial charge in [0.25, 0.3) is 0 Å². The Bertz CT molecular complexity index is 427. The highest BCUT2D eigenvalue weighted by Gasteiger charge is 2.01. The molecular weight excluding hydrogens is 204 g/mol. The fourth-order valence-corrected chi connectivity index (χ4v) is 1.36. The van der Waals surface area contributed by atoms with Crippen molar-refractivity contribution in [2.45, 2.75) is 19.9 Å². The molecule has 0 aromatic carbocycles. The van der Waals surface area contributed by atoms with Crippen LogP contribution in [0.1, 0.15) is 17.4 Å². The van der Waals surface area contributed by atoms with Crippen LogP contribution in [0, 0.1) is 6.92 Å². The zero-order chi connectivity index (χ0) is 11.2. The Morgan fingerprint density at radius 2 is 2.31 bits per heavy atom. The first-order chi connectivity index (χ1) is 7.84. The Hall–Kier alpha value is -1.75. The van der Waals surface area contributed by atoms with Crippen molar-refractivity contribution in [3.05, 3.63) is 41.8 Å². The molecule has 2 rings (SSSR count). The van der Waals surface area contributed by atoms with Crippen molar-refractivity contribution >= 4 is 0 Å². The van der Waals surface area contributed by atoms with Crippen molar-refractivity contribution in [3.8, 4) is 0 Å². The van der Waals surface area contributed by atoms with Crippen LogP contribution >= 0.6 is 0 Å². The van der Waals surface area contributed by atoms with E-state index in [4.69, 9.17) is 4.52 Å². The summed E-state index contributed by atoms with van der Waals surface area (Å²) in [6.45, 7) is 3.38. The van der Waals surface area contributed by atoms with E-state index in [1.807, 2.05) is 25.1 Å². The summed E-state index contributed by atoms with van der Waals surface area (Å²) in [4.78, 5) is 8.34. The summed E-state index contributed by atoms with van der Waals surface area (Å²) in [5, 5.41) is 7.00. The van der Waals surface area contributed by atoms with Crippen molar-refractivity contribution in [1.29, 1.82) is 0 Å². The molecule has 0 radical (unpaired) electrons. The molecule has 0 saturated heterocycles. The fourth-order valence-electron chi connectivity index (χ4n) is 1.36. The number of aryl methyl sites for hydroxylation is 1. The van der Waals surface area contributed by atoms with Crippen LogP contribution in [0.15, 0.2) is 28.9 Å². The molecule has 0 aliphatic carbocycles. The fraction of sp³-hybridized carbons (Fsp3) is 0.364. The Balaban J connectivity index is 1.69. The monoisotopic (exact) mass is 218 g/mol. The van der Waals surface area contributed by atoms with Gasteiger partial charge in [-0.05, 0) is 19.1 Å². The summed E-state index contributed by atoms with van der Waals surface area (Å²) in [5.74, 6) is 1.35. The second kappa shape index (κ2) is 5.37. The molecule has 0 fully saturated rings. The van der Waals surface area contributed by atoms with E-state index in [2.05, 4.69) is 20.4 Å². The normalized spacial score (nSPS) is 10.6. The van der Waals surface area contributed by atoms with E-state index in [0.717, 1.165) is 25.2 Å². The van der Waals surface area contributed by atoms with Gasteiger partial charge in [0.2, 0.25) is 5.89 Å². The molecule has 16 heavy (non-hydrogen) atoms. The van der Waals surface area contributed by atoms with Crippen LogP contribution in [0.25, 0.3) is 0 Å². The van der Waals surface area contributed by atoms with Gasteiger partial charge in [-0.3, -0.25) is 4.98 Å². The second-order valence-corrected chi connectivity index (χ2v) is 3.48. The van der Waals surface area contributed by atoms with E-state index in [-0.39, 0.29) is 0 Å². The van der Waals surface area contributed by atoms with Crippen molar-refractivity contribution in [2.24, 2.45) is 0 Å². The highest BCUT2D eigenvalue weighted by molar-refractivity contribution is 5.02. The molecule has 84 valence electrons. The largest absolute Gasteiger partial charge is 0.339 e. The van der Waals surface area contributed by atoms with E-state index in [1.165, 1.54) is 0 Å². The minimum Gasteiger partial charge on any atom is -0.339 e. The van der Waals surface area contributed by atoms with Gasteiger partial charge < -0.3 is 9.84 Å². The van der Waals surface area contributed by atoms with E-state index in [1.54, 1.807) is 6.20 Å². The van der Waals surface area contributed by atoms with E-state index < -0.39 is 0 Å². The first-order valence-corrected chi connectivity index (χ1v) is 5.24. The maximum atomic E-state index is 5.00. The third kappa shape index (κ3) is 3.13. The molecule has 2 aromatic heterocycles. The minimum absolute atomic E-state index is 0.672. The van der Waals surface area contributed by atoms with Crippen molar-refractivity contribution in [3.63, 3.8) is 0 Å². The zero-order valence-corrected chi connectivity index (χ0v) is 9.18. The molecule has 0 saturated carbocycles. The Morgan fingerprint density at radius 3 is 3.00 bits per heavy atom. The molecule has 0 amide bonds. The molecular formula is C11H14N4O. The number of aromatic nitrogens is 3. The highest BCUT2D eigenvalue weighted by Crippen LogP contribution is 1.96. The summed E-state index contributed by atoms with van der Waals surface area (Å²) < 4.78 is 5.00.